The second-order valence-electron chi connectivity index (χ2n) is 4.27. The zero-order valence-electron chi connectivity index (χ0n) is 12.8. The second-order valence-corrected chi connectivity index (χ2v) is 4.27. The van der Waals surface area contributed by atoms with Crippen LogP contribution in [-0.2, 0) is 7.05 Å². The summed E-state index contributed by atoms with van der Waals surface area (Å²) in [7, 11) is 1.93. The molecule has 0 radical (unpaired) electrons. The van der Waals surface area contributed by atoms with Crippen molar-refractivity contribution in [1.82, 2.24) is 5.10 Å². The average molecular weight is 263 g/mol. The number of nitrogens with one attached hydrogen (secondary N) is 1. The first kappa shape index (κ1) is 15.1. The lowest BCUT2D eigenvalue weighted by molar-refractivity contribution is -0.727. The number of aromatic nitrogens is 3. The molecule has 5 heteroatoms. The van der Waals surface area contributed by atoms with Gasteiger partial charge in [-0.25, -0.2) is 0 Å². The summed E-state index contributed by atoms with van der Waals surface area (Å²) in [5, 5.41) is 7.55. The first-order valence-corrected chi connectivity index (χ1v) is 6.77. The summed E-state index contributed by atoms with van der Waals surface area (Å²) in [6.45, 7) is 11.0. The maximum Gasteiger partial charge on any atom is 0.480 e. The Kier molecular flexibility index (Phi) is 5.03. The van der Waals surface area contributed by atoms with Crippen molar-refractivity contribution < 1.29 is 9.36 Å². The molecule has 5 nitrogen and oxygen atoms in total. The molecule has 0 aliphatic rings. The Hall–Kier alpha value is -1.91. The first-order valence-electron chi connectivity index (χ1n) is 6.77. The van der Waals surface area contributed by atoms with Gasteiger partial charge < -0.3 is 0 Å². The van der Waals surface area contributed by atoms with E-state index in [1.807, 2.05) is 32.5 Å². The van der Waals surface area contributed by atoms with Gasteiger partial charge in [-0.05, 0) is 42.6 Å². The lowest BCUT2D eigenvalue weighted by Gasteiger charge is -2.03. The van der Waals surface area contributed by atoms with E-state index in [2.05, 4.69) is 36.4 Å². The van der Waals surface area contributed by atoms with Crippen LogP contribution in [0, 0.1) is 13.8 Å². The number of nitrogens with zero attached hydrogens (tertiary/aromatic N) is 3. The Balaban J connectivity index is 0.000000861. The van der Waals surface area contributed by atoms with E-state index in [9.17, 15) is 0 Å². The van der Waals surface area contributed by atoms with E-state index in [-0.39, 0.29) is 0 Å². The molecule has 0 atom stereocenters. The molecule has 0 saturated carbocycles. The number of nitrogen functional groups attached to an aromatic ring is 1. The monoisotopic (exact) mass is 263 g/mol. The minimum absolute atomic E-state index is 0.672. The van der Waals surface area contributed by atoms with Crippen LogP contribution in [0.2, 0.25) is 0 Å². The lowest BCUT2D eigenvalue weighted by atomic mass is 10.1. The van der Waals surface area contributed by atoms with Crippen molar-refractivity contribution in [2.24, 2.45) is 7.05 Å². The van der Waals surface area contributed by atoms with Gasteiger partial charge in [0, 0.05) is 6.07 Å². The molecular formula is C14H25N5+2. The zero-order chi connectivity index (χ0) is 14.6. The molecule has 0 aliphatic heterocycles. The molecule has 19 heavy (non-hydrogen) atoms. The van der Waals surface area contributed by atoms with Crippen molar-refractivity contribution in [1.29, 1.82) is 0 Å². The summed E-state index contributed by atoms with van der Waals surface area (Å²) in [6, 6.07) is 4.20. The first-order chi connectivity index (χ1) is 9.04. The SMILES string of the molecule is CC.CCNc1n[n+](C)c2cc(C)c(C)cc2[n+]1N. The van der Waals surface area contributed by atoms with Gasteiger partial charge in [-0.1, -0.05) is 13.8 Å². The molecule has 2 rings (SSSR count). The van der Waals surface area contributed by atoms with Crippen LogP contribution in [0.15, 0.2) is 12.1 Å². The van der Waals surface area contributed by atoms with E-state index in [1.165, 1.54) is 11.1 Å². The fraction of sp³-hybridized carbons (Fsp3) is 0.500. The number of fused-ring (bicyclic) bond motifs is 1. The van der Waals surface area contributed by atoms with Gasteiger partial charge in [-0.3, -0.25) is 11.2 Å². The van der Waals surface area contributed by atoms with Gasteiger partial charge in [-0.2, -0.15) is 0 Å². The fourth-order valence-corrected chi connectivity index (χ4v) is 1.87. The van der Waals surface area contributed by atoms with Crippen LogP contribution in [0.25, 0.3) is 11.0 Å². The topological polar surface area (TPSA) is 58.7 Å². The smallest absolute Gasteiger partial charge is 0.288 e. The Morgan fingerprint density at radius 1 is 1.16 bits per heavy atom. The highest BCUT2D eigenvalue weighted by Gasteiger charge is 2.23. The van der Waals surface area contributed by atoms with Gasteiger partial charge in [-0.15, -0.1) is 4.68 Å². The van der Waals surface area contributed by atoms with Gasteiger partial charge in [0.25, 0.3) is 5.52 Å². The summed E-state index contributed by atoms with van der Waals surface area (Å²) >= 11 is 0. The summed E-state index contributed by atoms with van der Waals surface area (Å²) < 4.78 is 3.45. The van der Waals surface area contributed by atoms with Crippen molar-refractivity contribution in [3.8, 4) is 0 Å². The highest BCUT2D eigenvalue weighted by Crippen LogP contribution is 2.13. The highest BCUT2D eigenvalue weighted by atomic mass is 15.4. The van der Waals surface area contributed by atoms with E-state index in [1.54, 1.807) is 4.68 Å². The van der Waals surface area contributed by atoms with Crippen molar-refractivity contribution in [3.63, 3.8) is 0 Å². The van der Waals surface area contributed by atoms with Gasteiger partial charge in [0.15, 0.2) is 12.1 Å². The molecular weight excluding hydrogens is 238 g/mol. The Morgan fingerprint density at radius 2 is 1.68 bits per heavy atom. The summed E-state index contributed by atoms with van der Waals surface area (Å²) in [4.78, 5) is 0. The molecule has 3 N–H and O–H groups in total. The Morgan fingerprint density at radius 3 is 2.21 bits per heavy atom. The fourth-order valence-electron chi connectivity index (χ4n) is 1.87. The molecule has 2 aromatic rings. The number of benzene rings is 1. The van der Waals surface area contributed by atoms with Gasteiger partial charge in [0.05, 0.1) is 6.54 Å². The third-order valence-corrected chi connectivity index (χ3v) is 3.01. The molecule has 1 aromatic heterocycles. The van der Waals surface area contributed by atoms with Crippen molar-refractivity contribution in [2.75, 3.05) is 17.7 Å². The third-order valence-electron chi connectivity index (χ3n) is 3.01. The molecule has 0 fully saturated rings. The van der Waals surface area contributed by atoms with Crippen LogP contribution in [0.3, 0.4) is 0 Å². The average Bonchev–Trinajstić information content (AvgIpc) is 2.41. The van der Waals surface area contributed by atoms with E-state index in [4.69, 9.17) is 5.84 Å². The van der Waals surface area contributed by atoms with Crippen LogP contribution in [0.1, 0.15) is 31.9 Å². The summed E-state index contributed by atoms with van der Waals surface area (Å²) in [6.07, 6.45) is 0. The predicted molar refractivity (Wildman–Crippen MR) is 78.3 cm³/mol. The molecule has 0 bridgehead atoms. The number of aryl methyl sites for hydroxylation is 3. The van der Waals surface area contributed by atoms with Crippen LogP contribution in [0.5, 0.6) is 0 Å². The van der Waals surface area contributed by atoms with E-state index < -0.39 is 0 Å². The third kappa shape index (κ3) is 2.92. The molecule has 1 heterocycles. The standard InChI is InChI=1S/C12H18N5.C2H6/c1-5-14-12-15-16(4)10-6-8(2)9(3)7-11(10)17(12)13;1-2/h6-7H,5,13H2,1-4H3;1-2H3/q+1;/p+1. The van der Waals surface area contributed by atoms with Gasteiger partial charge in [0.1, 0.15) is 0 Å². The Labute approximate surface area is 115 Å². The van der Waals surface area contributed by atoms with Crippen LogP contribution < -0.4 is 20.5 Å². The number of hydrogen-bond donors (Lipinski definition) is 2. The summed E-state index contributed by atoms with van der Waals surface area (Å²) in [5.41, 5.74) is 4.47. The Bertz CT molecular complexity index is 578. The number of hydrogen-bond acceptors (Lipinski definition) is 3. The molecule has 104 valence electrons. The molecule has 0 spiro atoms. The van der Waals surface area contributed by atoms with E-state index >= 15 is 0 Å². The molecule has 0 amide bonds. The molecule has 0 saturated heterocycles. The minimum atomic E-state index is 0.672. The maximum atomic E-state index is 6.07. The van der Waals surface area contributed by atoms with Gasteiger partial charge >= 0.3 is 5.95 Å². The predicted octanol–water partition coefficient (Wildman–Crippen LogP) is 1.14. The van der Waals surface area contributed by atoms with Crippen molar-refractivity contribution in [2.45, 2.75) is 34.6 Å². The molecule has 1 aromatic carbocycles. The van der Waals surface area contributed by atoms with Gasteiger partial charge in [0.2, 0.25) is 5.52 Å². The normalized spacial score (nSPS) is 10.0. The quantitative estimate of drug-likeness (QED) is 0.631. The molecule has 0 aliphatic carbocycles. The number of nitrogens with two attached hydrogens (primary N) is 1. The highest BCUT2D eigenvalue weighted by molar-refractivity contribution is 5.70. The zero-order valence-corrected chi connectivity index (χ0v) is 12.8. The second kappa shape index (κ2) is 6.31. The largest absolute Gasteiger partial charge is 0.480 e. The number of rotatable bonds is 2. The summed E-state index contributed by atoms with van der Waals surface area (Å²) in [5.74, 6) is 6.74. The van der Waals surface area contributed by atoms with Crippen LogP contribution in [0.4, 0.5) is 5.95 Å². The van der Waals surface area contributed by atoms with Crippen LogP contribution >= 0.6 is 0 Å². The van der Waals surface area contributed by atoms with E-state index in [0.29, 0.717) is 5.95 Å². The van der Waals surface area contributed by atoms with Crippen LogP contribution in [-0.4, -0.2) is 11.6 Å². The van der Waals surface area contributed by atoms with E-state index in [0.717, 1.165) is 17.6 Å². The molecule has 0 unspecified atom stereocenters. The van der Waals surface area contributed by atoms with Crippen molar-refractivity contribution in [3.05, 3.63) is 23.3 Å². The van der Waals surface area contributed by atoms with Crippen molar-refractivity contribution >= 4 is 17.0 Å². The number of anilines is 1. The lowest BCUT2D eigenvalue weighted by Crippen LogP contribution is -2.53. The minimum Gasteiger partial charge on any atom is -0.288 e. The maximum absolute atomic E-state index is 6.07.